The van der Waals surface area contributed by atoms with Gasteiger partial charge in [0, 0.05) is 15.7 Å². The predicted octanol–water partition coefficient (Wildman–Crippen LogP) is 1.33. The molecule has 0 saturated heterocycles. The molecule has 1 fully saturated rings. The van der Waals surface area contributed by atoms with Gasteiger partial charge in [-0.2, -0.15) is 0 Å². The molecule has 1 aliphatic carbocycles. The molecule has 70 valence electrons. The number of hydrogen-bond acceptors (Lipinski definition) is 3. The van der Waals surface area contributed by atoms with Crippen LogP contribution in [-0.4, -0.2) is 16.6 Å². The Bertz CT molecular complexity index is 360. The highest BCUT2D eigenvalue weighted by Crippen LogP contribution is 2.51. The minimum absolute atomic E-state index is 0.0312. The smallest absolute Gasteiger partial charge is 0.324 e. The van der Waals surface area contributed by atoms with Crippen molar-refractivity contribution in [1.82, 2.24) is 0 Å². The minimum Gasteiger partial charge on any atom is -0.480 e. The molecule has 13 heavy (non-hydrogen) atoms. The van der Waals surface area contributed by atoms with Crippen LogP contribution in [-0.2, 0) is 4.79 Å². The molecule has 1 aromatic rings. The summed E-state index contributed by atoms with van der Waals surface area (Å²) in [6.07, 6.45) is 0.572. The molecule has 3 N–H and O–H groups in total. The zero-order valence-corrected chi connectivity index (χ0v) is 8.10. The van der Waals surface area contributed by atoms with E-state index < -0.39 is 11.5 Å². The van der Waals surface area contributed by atoms with Gasteiger partial charge in [0.15, 0.2) is 0 Å². The second kappa shape index (κ2) is 2.56. The number of thiophene rings is 1. The van der Waals surface area contributed by atoms with Crippen molar-refractivity contribution in [3.05, 3.63) is 21.9 Å². The van der Waals surface area contributed by atoms with Gasteiger partial charge in [-0.05, 0) is 25.5 Å². The number of aliphatic carboxylic acids is 1. The summed E-state index contributed by atoms with van der Waals surface area (Å²) in [6.45, 7) is 2.01. The number of carboxylic acid groups (broad SMARTS) is 1. The quantitative estimate of drug-likeness (QED) is 0.751. The summed E-state index contributed by atoms with van der Waals surface area (Å²) >= 11 is 1.63. The molecule has 0 aliphatic heterocycles. The van der Waals surface area contributed by atoms with Crippen LogP contribution in [0.1, 0.15) is 22.1 Å². The standard InChI is InChI=1S/C9H11NO2S/c1-5-2-3-7(13-5)6-4-9(6,10)8(11)12/h2-3,6H,4,10H2,1H3,(H,11,12). The third-order valence-corrected chi connectivity index (χ3v) is 3.62. The van der Waals surface area contributed by atoms with E-state index in [1.807, 2.05) is 19.1 Å². The van der Waals surface area contributed by atoms with Gasteiger partial charge in [-0.25, -0.2) is 0 Å². The summed E-state index contributed by atoms with van der Waals surface area (Å²) in [6, 6.07) is 3.98. The van der Waals surface area contributed by atoms with Gasteiger partial charge in [0.05, 0.1) is 0 Å². The van der Waals surface area contributed by atoms with Crippen LogP contribution in [0.15, 0.2) is 12.1 Å². The molecule has 1 aliphatic rings. The lowest BCUT2D eigenvalue weighted by molar-refractivity contribution is -0.139. The lowest BCUT2D eigenvalue weighted by atomic mass is 10.2. The first-order valence-corrected chi connectivity index (χ1v) is 4.94. The molecule has 2 rings (SSSR count). The maximum absolute atomic E-state index is 10.8. The average Bonchev–Trinajstić information content (AvgIpc) is 2.55. The number of hydrogen-bond donors (Lipinski definition) is 2. The van der Waals surface area contributed by atoms with Gasteiger partial charge in [-0.15, -0.1) is 11.3 Å². The highest BCUT2D eigenvalue weighted by Gasteiger charge is 2.58. The number of carbonyl (C=O) groups is 1. The van der Waals surface area contributed by atoms with E-state index in [9.17, 15) is 4.79 Å². The van der Waals surface area contributed by atoms with Crippen molar-refractivity contribution in [3.8, 4) is 0 Å². The van der Waals surface area contributed by atoms with E-state index in [1.54, 1.807) is 11.3 Å². The van der Waals surface area contributed by atoms with E-state index in [4.69, 9.17) is 10.8 Å². The summed E-state index contributed by atoms with van der Waals surface area (Å²) in [5.74, 6) is -0.854. The number of rotatable bonds is 2. The van der Waals surface area contributed by atoms with Crippen LogP contribution in [0.4, 0.5) is 0 Å². The molecule has 4 heteroatoms. The third-order valence-electron chi connectivity index (χ3n) is 2.51. The monoisotopic (exact) mass is 197 g/mol. The Labute approximate surface area is 80.2 Å². The van der Waals surface area contributed by atoms with E-state index in [2.05, 4.69) is 0 Å². The van der Waals surface area contributed by atoms with Crippen LogP contribution in [0.3, 0.4) is 0 Å². The zero-order valence-electron chi connectivity index (χ0n) is 7.28. The van der Waals surface area contributed by atoms with E-state index in [-0.39, 0.29) is 5.92 Å². The molecule has 0 bridgehead atoms. The molecule has 2 unspecified atom stereocenters. The summed E-state index contributed by atoms with van der Waals surface area (Å²) in [7, 11) is 0. The van der Waals surface area contributed by atoms with Gasteiger partial charge in [0.1, 0.15) is 5.54 Å². The van der Waals surface area contributed by atoms with Crippen molar-refractivity contribution < 1.29 is 9.90 Å². The number of nitrogens with two attached hydrogens (primary N) is 1. The zero-order chi connectivity index (χ0) is 9.64. The first-order valence-electron chi connectivity index (χ1n) is 4.12. The molecule has 0 amide bonds. The third kappa shape index (κ3) is 1.26. The topological polar surface area (TPSA) is 63.3 Å². The van der Waals surface area contributed by atoms with Gasteiger partial charge >= 0.3 is 5.97 Å². The van der Waals surface area contributed by atoms with Crippen molar-refractivity contribution in [3.63, 3.8) is 0 Å². The Morgan fingerprint density at radius 1 is 1.77 bits per heavy atom. The Morgan fingerprint density at radius 2 is 2.46 bits per heavy atom. The Kier molecular flexibility index (Phi) is 1.72. The highest BCUT2D eigenvalue weighted by atomic mass is 32.1. The van der Waals surface area contributed by atoms with Crippen molar-refractivity contribution in [2.24, 2.45) is 5.73 Å². The van der Waals surface area contributed by atoms with Crippen LogP contribution < -0.4 is 5.73 Å². The molecule has 0 radical (unpaired) electrons. The number of aryl methyl sites for hydroxylation is 1. The van der Waals surface area contributed by atoms with E-state index in [1.165, 1.54) is 4.88 Å². The molecule has 0 spiro atoms. The second-order valence-corrected chi connectivity index (χ2v) is 4.87. The van der Waals surface area contributed by atoms with Crippen LogP contribution in [0, 0.1) is 6.92 Å². The predicted molar refractivity (Wildman–Crippen MR) is 51.0 cm³/mol. The van der Waals surface area contributed by atoms with Crippen LogP contribution in [0.5, 0.6) is 0 Å². The highest BCUT2D eigenvalue weighted by molar-refractivity contribution is 7.12. The molecule has 0 aromatic carbocycles. The fourth-order valence-corrected chi connectivity index (χ4v) is 2.59. The Hall–Kier alpha value is -0.870. The maximum atomic E-state index is 10.8. The average molecular weight is 197 g/mol. The van der Waals surface area contributed by atoms with Crippen LogP contribution in [0.25, 0.3) is 0 Å². The van der Waals surface area contributed by atoms with Crippen molar-refractivity contribution >= 4 is 17.3 Å². The summed E-state index contributed by atoms with van der Waals surface area (Å²) in [5.41, 5.74) is 4.69. The molecule has 2 atom stereocenters. The molecule has 1 heterocycles. The fraction of sp³-hybridized carbons (Fsp3) is 0.444. The van der Waals surface area contributed by atoms with E-state index >= 15 is 0 Å². The Morgan fingerprint density at radius 3 is 2.85 bits per heavy atom. The van der Waals surface area contributed by atoms with Gasteiger partial charge in [-0.3, -0.25) is 4.79 Å². The fourth-order valence-electron chi connectivity index (χ4n) is 1.51. The Balaban J connectivity index is 2.20. The van der Waals surface area contributed by atoms with Crippen LogP contribution in [0.2, 0.25) is 0 Å². The van der Waals surface area contributed by atoms with E-state index in [0.29, 0.717) is 6.42 Å². The molecule has 1 saturated carbocycles. The van der Waals surface area contributed by atoms with Crippen molar-refractivity contribution in [2.75, 3.05) is 0 Å². The van der Waals surface area contributed by atoms with Gasteiger partial charge in [0.25, 0.3) is 0 Å². The van der Waals surface area contributed by atoms with Gasteiger partial charge < -0.3 is 10.8 Å². The molecule has 1 aromatic heterocycles. The molecular formula is C9H11NO2S. The van der Waals surface area contributed by atoms with Gasteiger partial charge in [-0.1, -0.05) is 0 Å². The van der Waals surface area contributed by atoms with Crippen molar-refractivity contribution in [2.45, 2.75) is 24.8 Å². The first kappa shape index (κ1) is 8.72. The summed E-state index contributed by atoms with van der Waals surface area (Å²) in [4.78, 5) is 13.1. The minimum atomic E-state index is -0.989. The second-order valence-electron chi connectivity index (χ2n) is 3.55. The van der Waals surface area contributed by atoms with Gasteiger partial charge in [0.2, 0.25) is 0 Å². The summed E-state index contributed by atoms with van der Waals surface area (Å²) in [5, 5.41) is 8.83. The lowest BCUT2D eigenvalue weighted by Gasteiger charge is -2.02. The molecular weight excluding hydrogens is 186 g/mol. The van der Waals surface area contributed by atoms with Crippen molar-refractivity contribution in [1.29, 1.82) is 0 Å². The normalized spacial score (nSPS) is 31.7. The SMILES string of the molecule is Cc1ccc(C2CC2(N)C(=O)O)s1. The molecule has 3 nitrogen and oxygen atoms in total. The van der Waals surface area contributed by atoms with Crippen LogP contribution >= 0.6 is 11.3 Å². The maximum Gasteiger partial charge on any atom is 0.324 e. The number of carboxylic acids is 1. The summed E-state index contributed by atoms with van der Waals surface area (Å²) < 4.78 is 0. The first-order chi connectivity index (χ1) is 6.04. The van der Waals surface area contributed by atoms with E-state index in [0.717, 1.165) is 4.88 Å². The largest absolute Gasteiger partial charge is 0.480 e. The lowest BCUT2D eigenvalue weighted by Crippen LogP contribution is -2.34.